The molecule has 0 spiro atoms. The molecule has 3 rings (SSSR count). The van der Waals surface area contributed by atoms with E-state index in [4.69, 9.17) is 9.47 Å². The van der Waals surface area contributed by atoms with Crippen LogP contribution in [0.2, 0.25) is 0 Å². The largest absolute Gasteiger partial charge is 0.423 e. The van der Waals surface area contributed by atoms with Gasteiger partial charge < -0.3 is 9.47 Å². The highest BCUT2D eigenvalue weighted by Gasteiger charge is 2.13. The third-order valence-corrected chi connectivity index (χ3v) is 4.44. The van der Waals surface area contributed by atoms with Gasteiger partial charge in [0, 0.05) is 0 Å². The Kier molecular flexibility index (Phi) is 6.83. The fourth-order valence-electron chi connectivity index (χ4n) is 2.82. The average Bonchev–Trinajstić information content (AvgIpc) is 2.78. The summed E-state index contributed by atoms with van der Waals surface area (Å²) in [5.41, 5.74) is 2.69. The fraction of sp³-hybridized carbons (Fsp3) is 0.0833. The van der Waals surface area contributed by atoms with Gasteiger partial charge in [0.2, 0.25) is 12.2 Å². The third kappa shape index (κ3) is 5.29. The lowest BCUT2D eigenvalue weighted by Gasteiger charge is -2.08. The molecule has 0 aliphatic carbocycles. The zero-order valence-electron chi connectivity index (χ0n) is 17.1. The van der Waals surface area contributed by atoms with E-state index in [0.29, 0.717) is 33.6 Å². The van der Waals surface area contributed by atoms with Crippen molar-refractivity contribution in [1.29, 1.82) is 0 Å². The van der Waals surface area contributed by atoms with E-state index in [9.17, 15) is 19.2 Å². The van der Waals surface area contributed by atoms with E-state index in [2.05, 4.69) is 9.98 Å². The van der Waals surface area contributed by atoms with Crippen LogP contribution in [-0.4, -0.2) is 24.1 Å². The molecule has 0 radical (unpaired) electrons. The molecule has 0 aromatic heterocycles. The maximum Gasteiger partial charge on any atom is 0.343 e. The molecule has 0 N–H and O–H groups in total. The zero-order chi connectivity index (χ0) is 23.1. The molecule has 0 unspecified atom stereocenters. The number of isocyanates is 2. The van der Waals surface area contributed by atoms with Gasteiger partial charge in [0.25, 0.3) is 0 Å². The molecule has 0 heterocycles. The summed E-state index contributed by atoms with van der Waals surface area (Å²) in [4.78, 5) is 52.5. The summed E-state index contributed by atoms with van der Waals surface area (Å²) < 4.78 is 10.6. The number of hydrogen-bond acceptors (Lipinski definition) is 8. The van der Waals surface area contributed by atoms with Crippen molar-refractivity contribution in [1.82, 2.24) is 0 Å². The van der Waals surface area contributed by atoms with Crippen molar-refractivity contribution in [3.8, 4) is 11.5 Å². The minimum Gasteiger partial charge on any atom is -0.423 e. The van der Waals surface area contributed by atoms with Gasteiger partial charge in [-0.1, -0.05) is 0 Å². The quantitative estimate of drug-likeness (QED) is 0.244. The van der Waals surface area contributed by atoms with Crippen molar-refractivity contribution in [3.05, 3.63) is 82.9 Å². The summed E-state index contributed by atoms with van der Waals surface area (Å²) in [6, 6.07) is 15.1. The molecule has 158 valence electrons. The van der Waals surface area contributed by atoms with Crippen molar-refractivity contribution >= 4 is 35.5 Å². The molecule has 8 heteroatoms. The van der Waals surface area contributed by atoms with E-state index in [1.165, 1.54) is 60.7 Å². The Balaban J connectivity index is 1.66. The number of carbonyl (C=O) groups is 2. The molecule has 0 bridgehead atoms. The lowest BCUT2D eigenvalue weighted by Crippen LogP contribution is -2.10. The van der Waals surface area contributed by atoms with Gasteiger partial charge in [0.1, 0.15) is 11.5 Å². The van der Waals surface area contributed by atoms with Gasteiger partial charge in [-0.15, -0.1) is 0 Å². The summed E-state index contributed by atoms with van der Waals surface area (Å²) in [5.74, 6) is -0.662. The zero-order valence-corrected chi connectivity index (χ0v) is 17.1. The van der Waals surface area contributed by atoms with E-state index < -0.39 is 11.9 Å². The van der Waals surface area contributed by atoms with Crippen LogP contribution in [0.25, 0.3) is 0 Å². The van der Waals surface area contributed by atoms with E-state index in [1.54, 1.807) is 26.0 Å². The molecule has 0 amide bonds. The monoisotopic (exact) mass is 428 g/mol. The van der Waals surface area contributed by atoms with Gasteiger partial charge in [0.05, 0.1) is 22.5 Å². The summed E-state index contributed by atoms with van der Waals surface area (Å²) in [6.45, 7) is 3.42. The Bertz CT molecular complexity index is 1180. The van der Waals surface area contributed by atoms with Crippen LogP contribution in [0, 0.1) is 13.8 Å². The highest BCUT2D eigenvalue weighted by atomic mass is 16.5. The van der Waals surface area contributed by atoms with E-state index >= 15 is 0 Å². The van der Waals surface area contributed by atoms with E-state index in [1.807, 2.05) is 0 Å². The highest BCUT2D eigenvalue weighted by molar-refractivity contribution is 5.92. The maximum atomic E-state index is 12.3. The second-order valence-electron chi connectivity index (χ2n) is 6.66. The molecule has 0 fully saturated rings. The van der Waals surface area contributed by atoms with Gasteiger partial charge in [-0.2, -0.15) is 9.98 Å². The number of benzene rings is 3. The smallest absolute Gasteiger partial charge is 0.343 e. The average molecular weight is 428 g/mol. The molecule has 0 atom stereocenters. The Hall–Kier alpha value is -4.64. The predicted molar refractivity (Wildman–Crippen MR) is 114 cm³/mol. The molecule has 0 saturated heterocycles. The van der Waals surface area contributed by atoms with Crippen LogP contribution in [-0.2, 0) is 9.59 Å². The van der Waals surface area contributed by atoms with Crippen molar-refractivity contribution in [2.24, 2.45) is 9.98 Å². The number of carbonyl (C=O) groups excluding carboxylic acids is 4. The number of aliphatic imine (C=N–C) groups is 2. The van der Waals surface area contributed by atoms with Gasteiger partial charge in [-0.05, 0) is 85.6 Å². The first-order chi connectivity index (χ1) is 15.4. The van der Waals surface area contributed by atoms with Crippen LogP contribution in [0.3, 0.4) is 0 Å². The third-order valence-electron chi connectivity index (χ3n) is 4.44. The van der Waals surface area contributed by atoms with E-state index in [0.717, 1.165) is 0 Å². The van der Waals surface area contributed by atoms with Crippen LogP contribution in [0.1, 0.15) is 31.8 Å². The van der Waals surface area contributed by atoms with Crippen molar-refractivity contribution < 1.29 is 28.7 Å². The Labute approximate surface area is 182 Å². The first-order valence-electron chi connectivity index (χ1n) is 9.32. The van der Waals surface area contributed by atoms with Crippen LogP contribution >= 0.6 is 0 Å². The molecule has 32 heavy (non-hydrogen) atoms. The number of ether oxygens (including phenoxy) is 2. The van der Waals surface area contributed by atoms with Crippen molar-refractivity contribution in [2.75, 3.05) is 0 Å². The molecule has 0 saturated carbocycles. The van der Waals surface area contributed by atoms with Crippen LogP contribution in [0.15, 0.2) is 70.6 Å². The lowest BCUT2D eigenvalue weighted by atomic mass is 10.1. The van der Waals surface area contributed by atoms with Gasteiger partial charge >= 0.3 is 11.9 Å². The minimum absolute atomic E-state index is 0.259. The summed E-state index contributed by atoms with van der Waals surface area (Å²) in [7, 11) is 0. The number of rotatable bonds is 6. The molecule has 0 aliphatic heterocycles. The summed E-state index contributed by atoms with van der Waals surface area (Å²) in [6.07, 6.45) is 2.92. The second kappa shape index (κ2) is 9.91. The Morgan fingerprint density at radius 2 is 1.03 bits per heavy atom. The van der Waals surface area contributed by atoms with Crippen molar-refractivity contribution in [2.45, 2.75) is 13.8 Å². The molecular formula is C24H16N2O6. The van der Waals surface area contributed by atoms with Crippen LogP contribution in [0.4, 0.5) is 11.4 Å². The normalized spacial score (nSPS) is 9.81. The molecular weight excluding hydrogens is 412 g/mol. The SMILES string of the molecule is Cc1cc(C(=O)Oc2ccc(OC(=O)c3ccc(N=C=O)c(C)c3)cc2)ccc1N=C=O. The van der Waals surface area contributed by atoms with Crippen molar-refractivity contribution in [3.63, 3.8) is 0 Å². The summed E-state index contributed by atoms with van der Waals surface area (Å²) >= 11 is 0. The molecule has 8 nitrogen and oxygen atoms in total. The lowest BCUT2D eigenvalue weighted by molar-refractivity contribution is 0.0719. The second-order valence-corrected chi connectivity index (χ2v) is 6.66. The number of hydrogen-bond donors (Lipinski definition) is 0. The van der Waals surface area contributed by atoms with E-state index in [-0.39, 0.29) is 11.5 Å². The highest BCUT2D eigenvalue weighted by Crippen LogP contribution is 2.24. The number of nitrogens with zero attached hydrogens (tertiary/aromatic N) is 2. The standard InChI is InChI=1S/C24H16N2O6/c1-15-11-17(3-9-21(15)25-13-27)23(29)31-19-5-7-20(8-6-19)32-24(30)18-4-10-22(26-14-28)16(2)12-18/h3-12H,1-2H3. The minimum atomic E-state index is -0.590. The Morgan fingerprint density at radius 1 is 0.656 bits per heavy atom. The molecule has 3 aromatic rings. The molecule has 0 aliphatic rings. The first-order valence-corrected chi connectivity index (χ1v) is 9.32. The maximum absolute atomic E-state index is 12.3. The topological polar surface area (TPSA) is 111 Å². The van der Waals surface area contributed by atoms with Gasteiger partial charge in [-0.25, -0.2) is 19.2 Å². The first kappa shape index (κ1) is 22.1. The fourth-order valence-corrected chi connectivity index (χ4v) is 2.82. The number of esters is 2. The van der Waals surface area contributed by atoms with Gasteiger partial charge in [0.15, 0.2) is 0 Å². The number of aryl methyl sites for hydroxylation is 2. The van der Waals surface area contributed by atoms with Crippen LogP contribution in [0.5, 0.6) is 11.5 Å². The predicted octanol–water partition coefficient (Wildman–Crippen LogP) is 4.68. The van der Waals surface area contributed by atoms with Gasteiger partial charge in [-0.3, -0.25) is 0 Å². The molecule has 3 aromatic carbocycles. The van der Waals surface area contributed by atoms with Crippen LogP contribution < -0.4 is 9.47 Å². The summed E-state index contributed by atoms with van der Waals surface area (Å²) in [5, 5.41) is 0. The Morgan fingerprint density at radius 3 is 1.34 bits per heavy atom.